The first-order valence-corrected chi connectivity index (χ1v) is 8.33. The highest BCUT2D eigenvalue weighted by molar-refractivity contribution is 6.08. The number of carboxylic acids is 1. The number of aromatic nitrogens is 2. The first kappa shape index (κ1) is 16.8. The number of piperazine rings is 1. The fourth-order valence-electron chi connectivity index (χ4n) is 4.45. The van der Waals surface area contributed by atoms with E-state index in [4.69, 9.17) is 0 Å². The molecule has 0 aromatic carbocycles. The summed E-state index contributed by atoms with van der Waals surface area (Å²) < 4.78 is 1.75. The van der Waals surface area contributed by atoms with Crippen molar-refractivity contribution in [2.45, 2.75) is 27.7 Å². The number of amides is 1. The van der Waals surface area contributed by atoms with Gasteiger partial charge in [0.2, 0.25) is 5.91 Å². The molecule has 24 heavy (non-hydrogen) atoms. The Hall–Kier alpha value is -2.05. The molecule has 1 aromatic rings. The van der Waals surface area contributed by atoms with Crippen LogP contribution >= 0.6 is 0 Å². The van der Waals surface area contributed by atoms with E-state index >= 15 is 0 Å². The van der Waals surface area contributed by atoms with Crippen molar-refractivity contribution in [1.82, 2.24) is 14.7 Å². The third kappa shape index (κ3) is 1.87. The van der Waals surface area contributed by atoms with Gasteiger partial charge >= 0.3 is 5.97 Å². The van der Waals surface area contributed by atoms with Gasteiger partial charge in [-0.15, -0.1) is 0 Å². The molecule has 0 bridgehead atoms. The second-order valence-electron chi connectivity index (χ2n) is 7.96. The van der Waals surface area contributed by atoms with Crippen LogP contribution in [-0.4, -0.2) is 57.8 Å². The molecule has 0 spiro atoms. The van der Waals surface area contributed by atoms with Crippen LogP contribution in [0.3, 0.4) is 0 Å². The largest absolute Gasteiger partial charge is 0.480 e. The molecular formula is C17H26N4O3. The van der Waals surface area contributed by atoms with Crippen molar-refractivity contribution in [2.75, 3.05) is 31.1 Å². The Morgan fingerprint density at radius 1 is 1.08 bits per heavy atom. The molecule has 132 valence electrons. The molecule has 0 atom stereocenters. The number of hydrogen-bond donors (Lipinski definition) is 1. The second kappa shape index (κ2) is 4.97. The second-order valence-corrected chi connectivity index (χ2v) is 7.96. The van der Waals surface area contributed by atoms with Crippen LogP contribution in [-0.2, 0) is 16.6 Å². The lowest BCUT2D eigenvalue weighted by Crippen LogP contribution is -2.53. The fraction of sp³-hybridized carbons (Fsp3) is 0.706. The maximum absolute atomic E-state index is 13.1. The Morgan fingerprint density at radius 2 is 1.62 bits per heavy atom. The molecular weight excluding hydrogens is 308 g/mol. The van der Waals surface area contributed by atoms with Gasteiger partial charge in [0.1, 0.15) is 0 Å². The summed E-state index contributed by atoms with van der Waals surface area (Å²) in [5.41, 5.74) is -1.40. The molecule has 7 heteroatoms. The Balaban J connectivity index is 1.75. The molecule has 1 N–H and O–H groups in total. The van der Waals surface area contributed by atoms with Crippen LogP contribution in [0.15, 0.2) is 12.4 Å². The quantitative estimate of drug-likeness (QED) is 0.841. The van der Waals surface area contributed by atoms with Crippen LogP contribution in [0.1, 0.15) is 27.7 Å². The van der Waals surface area contributed by atoms with Crippen LogP contribution in [0, 0.1) is 16.2 Å². The summed E-state index contributed by atoms with van der Waals surface area (Å²) >= 11 is 0. The fourth-order valence-corrected chi connectivity index (χ4v) is 4.45. The maximum atomic E-state index is 13.1. The number of aliphatic carboxylic acids is 1. The number of carbonyl (C=O) groups is 2. The molecule has 2 heterocycles. The summed E-state index contributed by atoms with van der Waals surface area (Å²) in [6.45, 7) is 9.97. The Bertz CT molecular complexity index is 670. The van der Waals surface area contributed by atoms with Crippen molar-refractivity contribution in [3.8, 4) is 0 Å². The molecule has 1 aliphatic carbocycles. The van der Waals surface area contributed by atoms with E-state index in [1.54, 1.807) is 9.58 Å². The van der Waals surface area contributed by atoms with Gasteiger partial charge in [-0.1, -0.05) is 27.7 Å². The maximum Gasteiger partial charge on any atom is 0.320 e. The van der Waals surface area contributed by atoms with E-state index < -0.39 is 22.2 Å². The normalized spacial score (nSPS) is 23.9. The highest BCUT2D eigenvalue weighted by Gasteiger charge is 2.86. The van der Waals surface area contributed by atoms with Crippen LogP contribution in [0.5, 0.6) is 0 Å². The third-order valence-electron chi connectivity index (χ3n) is 6.64. The molecule has 0 unspecified atom stereocenters. The van der Waals surface area contributed by atoms with Gasteiger partial charge in [0.05, 0.1) is 11.9 Å². The number of anilines is 1. The van der Waals surface area contributed by atoms with Gasteiger partial charge in [-0.05, 0) is 10.8 Å². The summed E-state index contributed by atoms with van der Waals surface area (Å²) in [4.78, 5) is 29.0. The minimum atomic E-state index is -1.32. The van der Waals surface area contributed by atoms with Crippen molar-refractivity contribution in [3.63, 3.8) is 0 Å². The summed E-state index contributed by atoms with van der Waals surface area (Å²) in [5.74, 6) is -1.24. The monoisotopic (exact) mass is 334 g/mol. The minimum absolute atomic E-state index is 0.240. The molecule has 1 amide bonds. The molecule has 1 saturated heterocycles. The van der Waals surface area contributed by atoms with Gasteiger partial charge in [0, 0.05) is 39.4 Å². The predicted octanol–water partition coefficient (Wildman–Crippen LogP) is 1.21. The zero-order valence-corrected chi connectivity index (χ0v) is 15.0. The molecule has 1 aromatic heterocycles. The first-order valence-electron chi connectivity index (χ1n) is 8.33. The van der Waals surface area contributed by atoms with Crippen LogP contribution < -0.4 is 4.90 Å². The zero-order valence-electron chi connectivity index (χ0n) is 15.0. The summed E-state index contributed by atoms with van der Waals surface area (Å²) in [6, 6.07) is 0. The lowest BCUT2D eigenvalue weighted by molar-refractivity contribution is -0.156. The number of hydrogen-bond acceptors (Lipinski definition) is 4. The van der Waals surface area contributed by atoms with Gasteiger partial charge < -0.3 is 14.9 Å². The topological polar surface area (TPSA) is 78.7 Å². The van der Waals surface area contributed by atoms with Crippen LogP contribution in [0.4, 0.5) is 5.69 Å². The Kier molecular flexibility index (Phi) is 3.48. The van der Waals surface area contributed by atoms with E-state index in [0.717, 1.165) is 5.69 Å². The van der Waals surface area contributed by atoms with Crippen LogP contribution in [0.2, 0.25) is 0 Å². The molecule has 0 radical (unpaired) electrons. The Labute approximate surface area is 142 Å². The standard InChI is InChI=1S/C17H26N4O3/c1-15(2)16(3,4)17(15,14(23)24)13(22)21-8-6-20(7-9-21)12-10-18-19(5)11-12/h10-11H,6-9H2,1-5H3,(H,23,24). The molecule has 1 saturated carbocycles. The van der Waals surface area contributed by atoms with Crippen molar-refractivity contribution in [3.05, 3.63) is 12.4 Å². The molecule has 3 rings (SSSR count). The number of carboxylic acid groups (broad SMARTS) is 1. The number of nitrogens with zero attached hydrogens (tertiary/aromatic N) is 4. The molecule has 2 fully saturated rings. The average molecular weight is 334 g/mol. The van der Waals surface area contributed by atoms with Gasteiger partial charge in [0.15, 0.2) is 5.41 Å². The minimum Gasteiger partial charge on any atom is -0.480 e. The van der Waals surface area contributed by atoms with E-state index in [9.17, 15) is 14.7 Å². The van der Waals surface area contributed by atoms with Crippen molar-refractivity contribution in [1.29, 1.82) is 0 Å². The number of rotatable bonds is 3. The first-order chi connectivity index (χ1) is 11.1. The van der Waals surface area contributed by atoms with E-state index in [-0.39, 0.29) is 5.91 Å². The SMILES string of the molecule is Cn1cc(N2CCN(C(=O)C3(C(=O)O)C(C)(C)C3(C)C)CC2)cn1. The van der Waals surface area contributed by atoms with Crippen LogP contribution in [0.25, 0.3) is 0 Å². The van der Waals surface area contributed by atoms with E-state index in [0.29, 0.717) is 26.2 Å². The lowest BCUT2D eigenvalue weighted by atomic mass is 9.92. The molecule has 1 aliphatic heterocycles. The lowest BCUT2D eigenvalue weighted by Gasteiger charge is -2.37. The number of carbonyl (C=O) groups excluding carboxylic acids is 1. The van der Waals surface area contributed by atoms with Crippen molar-refractivity contribution < 1.29 is 14.7 Å². The summed E-state index contributed by atoms with van der Waals surface area (Å²) in [5, 5.41) is 14.0. The van der Waals surface area contributed by atoms with Gasteiger partial charge in [-0.2, -0.15) is 5.10 Å². The van der Waals surface area contributed by atoms with E-state index in [1.165, 1.54) is 0 Å². The average Bonchev–Trinajstić information content (AvgIpc) is 2.81. The zero-order chi connectivity index (χ0) is 17.9. The summed E-state index contributed by atoms with van der Waals surface area (Å²) in [7, 11) is 1.87. The summed E-state index contributed by atoms with van der Waals surface area (Å²) in [6.07, 6.45) is 3.76. The molecule has 2 aliphatic rings. The number of aryl methyl sites for hydroxylation is 1. The van der Waals surface area contributed by atoms with Gasteiger partial charge in [0.25, 0.3) is 0 Å². The highest BCUT2D eigenvalue weighted by Crippen LogP contribution is 2.78. The molecule has 7 nitrogen and oxygen atoms in total. The van der Waals surface area contributed by atoms with E-state index in [2.05, 4.69) is 10.00 Å². The third-order valence-corrected chi connectivity index (χ3v) is 6.64. The van der Waals surface area contributed by atoms with Crippen molar-refractivity contribution in [2.24, 2.45) is 23.3 Å². The van der Waals surface area contributed by atoms with E-state index in [1.807, 2.05) is 47.1 Å². The highest BCUT2D eigenvalue weighted by atomic mass is 16.4. The van der Waals surface area contributed by atoms with Gasteiger partial charge in [-0.25, -0.2) is 0 Å². The predicted molar refractivity (Wildman–Crippen MR) is 89.6 cm³/mol. The Morgan fingerprint density at radius 3 is 2.00 bits per heavy atom. The van der Waals surface area contributed by atoms with Gasteiger partial charge in [-0.3, -0.25) is 14.3 Å². The smallest absolute Gasteiger partial charge is 0.320 e. The van der Waals surface area contributed by atoms with Crippen molar-refractivity contribution >= 4 is 17.6 Å².